The van der Waals surface area contributed by atoms with E-state index in [4.69, 9.17) is 0 Å². The number of aliphatic hydroxyl groups is 3. The number of rotatable bonds is 18. The zero-order valence-electron chi connectivity index (χ0n) is 19.3. The van der Waals surface area contributed by atoms with Gasteiger partial charge in [-0.15, -0.1) is 0 Å². The number of hydrogen-bond acceptors (Lipinski definition) is 7. The summed E-state index contributed by atoms with van der Waals surface area (Å²) in [6.45, 7) is 21.4. The summed E-state index contributed by atoms with van der Waals surface area (Å²) in [7, 11) is 0. The minimum Gasteiger partial charge on any atom is -0.395 e. The molecule has 7 nitrogen and oxygen atoms in total. The molecule has 170 valence electrons. The molecule has 0 rings (SSSR count). The number of aliphatic hydroxyl groups excluding tert-OH is 3. The molecule has 0 aliphatic rings. The summed E-state index contributed by atoms with van der Waals surface area (Å²) < 4.78 is 0. The van der Waals surface area contributed by atoms with Crippen molar-refractivity contribution in [2.45, 2.75) is 59.7 Å². The predicted octanol–water partition coefficient (Wildman–Crippen LogP) is 0.397. The summed E-state index contributed by atoms with van der Waals surface area (Å²) in [6, 6.07) is 1.24. The smallest absolute Gasteiger partial charge is 0.0558 e. The Hall–Kier alpha value is -0.280. The van der Waals surface area contributed by atoms with Crippen molar-refractivity contribution in [3.8, 4) is 0 Å². The average molecular weight is 405 g/mol. The molecule has 0 saturated carbocycles. The molecule has 28 heavy (non-hydrogen) atoms. The fraction of sp³-hybridized carbons (Fsp3) is 1.00. The van der Waals surface area contributed by atoms with Crippen LogP contribution in [0.3, 0.4) is 0 Å². The van der Waals surface area contributed by atoms with Crippen LogP contribution in [0.2, 0.25) is 0 Å². The fourth-order valence-corrected chi connectivity index (χ4v) is 3.41. The normalized spacial score (nSPS) is 12.9. The summed E-state index contributed by atoms with van der Waals surface area (Å²) in [4.78, 5) is 9.42. The molecule has 0 aliphatic heterocycles. The Bertz CT molecular complexity index is 304. The Morgan fingerprint density at radius 2 is 0.679 bits per heavy atom. The van der Waals surface area contributed by atoms with Gasteiger partial charge in [-0.3, -0.25) is 19.6 Å². The summed E-state index contributed by atoms with van der Waals surface area (Å²) >= 11 is 0. The third-order valence-corrected chi connectivity index (χ3v) is 5.46. The third kappa shape index (κ3) is 12.3. The van der Waals surface area contributed by atoms with Crippen molar-refractivity contribution in [1.82, 2.24) is 19.6 Å². The van der Waals surface area contributed by atoms with Gasteiger partial charge in [-0.05, 0) is 41.5 Å². The fourth-order valence-electron chi connectivity index (χ4n) is 3.41. The zero-order valence-corrected chi connectivity index (χ0v) is 19.3. The monoisotopic (exact) mass is 404 g/mol. The van der Waals surface area contributed by atoms with E-state index in [0.717, 1.165) is 39.3 Å². The van der Waals surface area contributed by atoms with Gasteiger partial charge in [-0.25, -0.2) is 0 Å². The van der Waals surface area contributed by atoms with Gasteiger partial charge in [0.2, 0.25) is 0 Å². The summed E-state index contributed by atoms with van der Waals surface area (Å²) in [5.41, 5.74) is 0. The van der Waals surface area contributed by atoms with Gasteiger partial charge in [-0.1, -0.05) is 0 Å². The maximum absolute atomic E-state index is 9.33. The van der Waals surface area contributed by atoms with Crippen LogP contribution < -0.4 is 0 Å². The van der Waals surface area contributed by atoms with E-state index < -0.39 is 0 Å². The molecule has 0 aromatic rings. The van der Waals surface area contributed by atoms with Crippen LogP contribution in [0.25, 0.3) is 0 Å². The largest absolute Gasteiger partial charge is 0.395 e. The van der Waals surface area contributed by atoms with Crippen molar-refractivity contribution in [2.24, 2.45) is 0 Å². The van der Waals surface area contributed by atoms with Crippen LogP contribution in [0.1, 0.15) is 41.5 Å². The summed E-state index contributed by atoms with van der Waals surface area (Å²) in [6.07, 6.45) is 0. The number of nitrogens with zero attached hydrogens (tertiary/aromatic N) is 4. The standard InChI is InChI=1S/C21H48N4O3/c1-19(2)23(13-16-26)10-7-22(8-11-24(14-17-27)20(3)4)9-12-25(15-18-28)21(5)6/h19-21,26-28H,7-18H2,1-6H3. The highest BCUT2D eigenvalue weighted by atomic mass is 16.3. The van der Waals surface area contributed by atoms with Crippen LogP contribution in [-0.2, 0) is 0 Å². The maximum Gasteiger partial charge on any atom is 0.0558 e. The second kappa shape index (κ2) is 16.5. The Kier molecular flexibility index (Phi) is 16.3. The Morgan fingerprint density at radius 3 is 0.857 bits per heavy atom. The lowest BCUT2D eigenvalue weighted by atomic mass is 10.2. The molecule has 7 heteroatoms. The SMILES string of the molecule is CC(C)N(CCO)CCN(CCN(CCO)C(C)C)CCN(CCO)C(C)C. The highest BCUT2D eigenvalue weighted by Crippen LogP contribution is 2.04. The first-order valence-electron chi connectivity index (χ1n) is 11.0. The Balaban J connectivity index is 4.87. The van der Waals surface area contributed by atoms with E-state index in [0.29, 0.717) is 37.8 Å². The van der Waals surface area contributed by atoms with E-state index in [-0.39, 0.29) is 19.8 Å². The third-order valence-electron chi connectivity index (χ3n) is 5.46. The quantitative estimate of drug-likeness (QED) is 0.305. The van der Waals surface area contributed by atoms with Gasteiger partial charge in [0.25, 0.3) is 0 Å². The topological polar surface area (TPSA) is 73.7 Å². The van der Waals surface area contributed by atoms with Gasteiger partial charge in [0.1, 0.15) is 0 Å². The zero-order chi connectivity index (χ0) is 21.5. The molecule has 0 fully saturated rings. The van der Waals surface area contributed by atoms with Gasteiger partial charge in [0.05, 0.1) is 19.8 Å². The van der Waals surface area contributed by atoms with Crippen molar-refractivity contribution in [2.75, 3.05) is 78.7 Å². The molecule has 0 amide bonds. The molecule has 0 aliphatic carbocycles. The van der Waals surface area contributed by atoms with Crippen LogP contribution in [0.5, 0.6) is 0 Å². The molecular formula is C21H48N4O3. The van der Waals surface area contributed by atoms with Crippen LogP contribution in [-0.4, -0.2) is 132 Å². The molecule has 0 bridgehead atoms. The molecule has 0 saturated heterocycles. The molecule has 0 radical (unpaired) electrons. The van der Waals surface area contributed by atoms with Crippen molar-refractivity contribution >= 4 is 0 Å². The molecule has 0 aromatic heterocycles. The minimum absolute atomic E-state index is 0.188. The van der Waals surface area contributed by atoms with Crippen molar-refractivity contribution in [3.63, 3.8) is 0 Å². The first-order chi connectivity index (χ1) is 13.3. The molecule has 0 spiro atoms. The molecule has 0 atom stereocenters. The molecular weight excluding hydrogens is 356 g/mol. The van der Waals surface area contributed by atoms with E-state index in [1.807, 2.05) is 0 Å². The Morgan fingerprint density at radius 1 is 0.429 bits per heavy atom. The van der Waals surface area contributed by atoms with Crippen molar-refractivity contribution in [3.05, 3.63) is 0 Å². The van der Waals surface area contributed by atoms with Crippen LogP contribution in [0.4, 0.5) is 0 Å². The molecule has 0 unspecified atom stereocenters. The summed E-state index contributed by atoms with van der Waals surface area (Å²) in [5.74, 6) is 0. The van der Waals surface area contributed by atoms with E-state index in [1.165, 1.54) is 0 Å². The first-order valence-corrected chi connectivity index (χ1v) is 11.0. The lowest BCUT2D eigenvalue weighted by Crippen LogP contribution is -2.47. The van der Waals surface area contributed by atoms with Gasteiger partial charge in [0.15, 0.2) is 0 Å². The Labute approximate surface area is 173 Å². The lowest BCUT2D eigenvalue weighted by molar-refractivity contribution is 0.105. The second-order valence-corrected chi connectivity index (χ2v) is 8.40. The van der Waals surface area contributed by atoms with E-state index >= 15 is 0 Å². The van der Waals surface area contributed by atoms with Gasteiger partial charge >= 0.3 is 0 Å². The van der Waals surface area contributed by atoms with E-state index in [2.05, 4.69) is 61.1 Å². The average Bonchev–Trinajstić information content (AvgIpc) is 2.63. The van der Waals surface area contributed by atoms with Crippen molar-refractivity contribution < 1.29 is 15.3 Å². The molecule has 3 N–H and O–H groups in total. The maximum atomic E-state index is 9.33. The second-order valence-electron chi connectivity index (χ2n) is 8.40. The predicted molar refractivity (Wildman–Crippen MR) is 118 cm³/mol. The van der Waals surface area contributed by atoms with Crippen LogP contribution >= 0.6 is 0 Å². The van der Waals surface area contributed by atoms with Gasteiger partial charge in [0, 0.05) is 77.0 Å². The lowest BCUT2D eigenvalue weighted by Gasteiger charge is -2.34. The van der Waals surface area contributed by atoms with E-state index in [1.54, 1.807) is 0 Å². The van der Waals surface area contributed by atoms with Crippen LogP contribution in [0.15, 0.2) is 0 Å². The van der Waals surface area contributed by atoms with Gasteiger partial charge < -0.3 is 15.3 Å². The minimum atomic E-state index is 0.188. The first kappa shape index (κ1) is 27.7. The molecule has 0 heterocycles. The highest BCUT2D eigenvalue weighted by Gasteiger charge is 2.16. The van der Waals surface area contributed by atoms with Crippen LogP contribution in [0, 0.1) is 0 Å². The van der Waals surface area contributed by atoms with Crippen molar-refractivity contribution in [1.29, 1.82) is 0 Å². The molecule has 0 aromatic carbocycles. The van der Waals surface area contributed by atoms with E-state index in [9.17, 15) is 15.3 Å². The highest BCUT2D eigenvalue weighted by molar-refractivity contribution is 4.72. The number of hydrogen-bond donors (Lipinski definition) is 3. The van der Waals surface area contributed by atoms with Gasteiger partial charge in [-0.2, -0.15) is 0 Å². The summed E-state index contributed by atoms with van der Waals surface area (Å²) in [5, 5.41) is 28.0.